The van der Waals surface area contributed by atoms with E-state index in [2.05, 4.69) is 19.6 Å². The number of nitrogens with one attached hydrogen (secondary N) is 1. The zero-order chi connectivity index (χ0) is 28.4. The monoisotopic (exact) mass is 599 g/mol. The Morgan fingerprint density at radius 3 is 2.45 bits per heavy atom. The number of sulfonamides is 1. The fourth-order valence-electron chi connectivity index (χ4n) is 4.17. The van der Waals surface area contributed by atoms with Gasteiger partial charge >= 0.3 is 0 Å². The second kappa shape index (κ2) is 11.1. The van der Waals surface area contributed by atoms with Crippen molar-refractivity contribution in [2.24, 2.45) is 0 Å². The molecule has 3 aromatic carbocycles. The molecule has 0 spiro atoms. The zero-order valence-corrected chi connectivity index (χ0v) is 23.8. The average Bonchev–Trinajstić information content (AvgIpc) is 3.50. The summed E-state index contributed by atoms with van der Waals surface area (Å²) in [6.45, 7) is -0.111. The number of aromatic amines is 1. The number of methoxy groups -OCH3 is 3. The highest BCUT2D eigenvalue weighted by atomic mass is 35.5. The number of benzene rings is 3. The van der Waals surface area contributed by atoms with Crippen molar-refractivity contribution >= 4 is 49.1 Å². The van der Waals surface area contributed by atoms with Crippen LogP contribution in [0.2, 0.25) is 5.02 Å². The van der Waals surface area contributed by atoms with E-state index in [9.17, 15) is 13.2 Å². The summed E-state index contributed by atoms with van der Waals surface area (Å²) in [5.41, 5.74) is 0.923. The van der Waals surface area contributed by atoms with Gasteiger partial charge in [-0.05, 0) is 42.5 Å². The van der Waals surface area contributed by atoms with Crippen molar-refractivity contribution in [1.82, 2.24) is 19.6 Å². The Hall–Kier alpha value is -4.20. The van der Waals surface area contributed by atoms with Gasteiger partial charge in [-0.25, -0.2) is 22.8 Å². The Morgan fingerprint density at radius 2 is 1.75 bits per heavy atom. The Bertz CT molecular complexity index is 1860. The van der Waals surface area contributed by atoms with E-state index in [4.69, 9.17) is 25.8 Å². The smallest absolute Gasteiger partial charge is 0.272 e. The molecule has 0 unspecified atom stereocenters. The molecule has 0 aliphatic heterocycles. The molecule has 0 atom stereocenters. The maximum Gasteiger partial charge on any atom is 0.272 e. The van der Waals surface area contributed by atoms with Gasteiger partial charge in [0.25, 0.3) is 15.6 Å². The largest absolute Gasteiger partial charge is 0.497 e. The van der Waals surface area contributed by atoms with Crippen LogP contribution < -0.4 is 24.1 Å². The summed E-state index contributed by atoms with van der Waals surface area (Å²) in [5, 5.41) is 7.78. The van der Waals surface area contributed by atoms with Crippen LogP contribution in [0.1, 0.15) is 5.56 Å². The third-order valence-electron chi connectivity index (χ3n) is 6.14. The lowest BCUT2D eigenvalue weighted by molar-refractivity contribution is 0.391. The molecule has 11 nitrogen and oxygen atoms in total. The van der Waals surface area contributed by atoms with E-state index < -0.39 is 15.6 Å². The molecule has 0 bridgehead atoms. The number of fused-ring (bicyclic) bond motifs is 1. The summed E-state index contributed by atoms with van der Waals surface area (Å²) in [4.78, 5) is 16.9. The molecule has 0 amide bonds. The summed E-state index contributed by atoms with van der Waals surface area (Å²) in [7, 11) is 0.282. The minimum atomic E-state index is -4.23. The van der Waals surface area contributed by atoms with Crippen molar-refractivity contribution in [2.75, 3.05) is 25.6 Å². The molecule has 1 N–H and O–H groups in total. The van der Waals surface area contributed by atoms with Gasteiger partial charge in [-0.15, -0.1) is 0 Å². The number of aromatic nitrogens is 4. The highest BCUT2D eigenvalue weighted by Crippen LogP contribution is 2.36. The molecule has 5 aromatic rings. The minimum absolute atomic E-state index is 0.111. The van der Waals surface area contributed by atoms with E-state index in [1.165, 1.54) is 45.9 Å². The van der Waals surface area contributed by atoms with Crippen LogP contribution in [0, 0.1) is 0 Å². The van der Waals surface area contributed by atoms with E-state index in [-0.39, 0.29) is 22.0 Å². The van der Waals surface area contributed by atoms with Gasteiger partial charge in [-0.2, -0.15) is 9.47 Å². The SMILES string of the molecule is COc1ccc(CN(c2ncns2)S(=O)(=O)c2ccc3c(-c4cc(Cl)ccc4OC)n[nH]c(=O)c3c2)c(OC)c1. The quantitative estimate of drug-likeness (QED) is 0.259. The molecule has 5 rings (SSSR count). The second-order valence-electron chi connectivity index (χ2n) is 8.37. The van der Waals surface area contributed by atoms with Crippen LogP contribution in [0.15, 0.2) is 70.6 Å². The number of hydrogen-bond acceptors (Lipinski definition) is 10. The average molecular weight is 600 g/mol. The standard InChI is InChI=1S/C26H22ClN5O6S2/c1-36-17-6-4-15(23(11-17)38-3)13-32(26-28-14-29-39-26)40(34,35)18-7-8-19-20(12-18)25(33)31-30-24(19)21-10-16(27)5-9-22(21)37-2/h4-12,14H,13H2,1-3H3,(H,31,33). The molecule has 14 heteroatoms. The van der Waals surface area contributed by atoms with Gasteiger partial charge in [-0.3, -0.25) is 4.79 Å². The Labute approximate surface area is 238 Å². The second-order valence-corrected chi connectivity index (χ2v) is 11.4. The van der Waals surface area contributed by atoms with Crippen LogP contribution in [0.4, 0.5) is 5.13 Å². The van der Waals surface area contributed by atoms with Gasteiger partial charge in [-0.1, -0.05) is 17.7 Å². The minimum Gasteiger partial charge on any atom is -0.497 e. The van der Waals surface area contributed by atoms with E-state index in [1.54, 1.807) is 36.4 Å². The van der Waals surface area contributed by atoms with E-state index in [0.717, 1.165) is 15.8 Å². The highest BCUT2D eigenvalue weighted by Gasteiger charge is 2.29. The van der Waals surface area contributed by atoms with E-state index >= 15 is 0 Å². The summed E-state index contributed by atoms with van der Waals surface area (Å²) in [6.07, 6.45) is 1.27. The van der Waals surface area contributed by atoms with Crippen molar-refractivity contribution in [3.05, 3.63) is 81.9 Å². The van der Waals surface area contributed by atoms with Gasteiger partial charge in [0.05, 0.1) is 38.2 Å². The maximum absolute atomic E-state index is 14.0. The molecular formula is C26H22ClN5O6S2. The number of anilines is 1. The predicted octanol–water partition coefficient (Wildman–Crippen LogP) is 4.52. The number of rotatable bonds is 9. The van der Waals surface area contributed by atoms with Crippen LogP contribution in [-0.4, -0.2) is 49.3 Å². The molecular weight excluding hydrogens is 578 g/mol. The molecule has 2 heterocycles. The number of hydrogen-bond donors (Lipinski definition) is 1. The fourth-order valence-corrected chi connectivity index (χ4v) is 6.50. The van der Waals surface area contributed by atoms with E-state index in [1.807, 2.05) is 0 Å². The zero-order valence-electron chi connectivity index (χ0n) is 21.4. The first-order valence-electron chi connectivity index (χ1n) is 11.6. The van der Waals surface area contributed by atoms with Crippen LogP contribution in [0.5, 0.6) is 17.2 Å². The molecule has 40 heavy (non-hydrogen) atoms. The Kier molecular flexibility index (Phi) is 7.61. The molecule has 0 saturated carbocycles. The summed E-state index contributed by atoms with van der Waals surface area (Å²) in [6, 6.07) is 14.3. The number of ether oxygens (including phenoxy) is 3. The molecule has 0 radical (unpaired) electrons. The summed E-state index contributed by atoms with van der Waals surface area (Å²) >= 11 is 7.13. The van der Waals surface area contributed by atoms with Crippen LogP contribution >= 0.6 is 23.1 Å². The lowest BCUT2D eigenvalue weighted by atomic mass is 10.0. The first-order valence-corrected chi connectivity index (χ1v) is 14.2. The molecule has 0 aliphatic carbocycles. The Morgan fingerprint density at radius 1 is 0.950 bits per heavy atom. The van der Waals surface area contributed by atoms with Crippen LogP contribution in [-0.2, 0) is 16.6 Å². The molecule has 0 aliphatic rings. The highest BCUT2D eigenvalue weighted by molar-refractivity contribution is 7.93. The molecule has 2 aromatic heterocycles. The first-order chi connectivity index (χ1) is 19.3. The van der Waals surface area contributed by atoms with Crippen molar-refractivity contribution in [3.63, 3.8) is 0 Å². The lowest BCUT2D eigenvalue weighted by Crippen LogP contribution is -2.30. The van der Waals surface area contributed by atoms with Crippen molar-refractivity contribution in [1.29, 1.82) is 0 Å². The predicted molar refractivity (Wildman–Crippen MR) is 152 cm³/mol. The number of H-pyrrole nitrogens is 1. The fraction of sp³-hybridized carbons (Fsp3) is 0.154. The van der Waals surface area contributed by atoms with Crippen molar-refractivity contribution in [2.45, 2.75) is 11.4 Å². The summed E-state index contributed by atoms with van der Waals surface area (Å²) in [5.74, 6) is 1.48. The van der Waals surface area contributed by atoms with E-state index in [0.29, 0.717) is 44.5 Å². The van der Waals surface area contributed by atoms with Crippen LogP contribution in [0.3, 0.4) is 0 Å². The van der Waals surface area contributed by atoms with Crippen molar-refractivity contribution in [3.8, 4) is 28.5 Å². The van der Waals surface area contributed by atoms with Gasteiger partial charge in [0.2, 0.25) is 5.13 Å². The maximum atomic E-state index is 14.0. The van der Waals surface area contributed by atoms with Gasteiger partial charge in [0.15, 0.2) is 0 Å². The number of halogens is 1. The first kappa shape index (κ1) is 27.4. The molecule has 206 valence electrons. The van der Waals surface area contributed by atoms with Crippen LogP contribution in [0.25, 0.3) is 22.0 Å². The van der Waals surface area contributed by atoms with Gasteiger partial charge in [0, 0.05) is 39.1 Å². The number of nitrogens with zero attached hydrogens (tertiary/aromatic N) is 4. The van der Waals surface area contributed by atoms with Crippen molar-refractivity contribution < 1.29 is 22.6 Å². The normalized spacial score (nSPS) is 11.4. The molecule has 0 saturated heterocycles. The summed E-state index contributed by atoms with van der Waals surface area (Å²) < 4.78 is 49.4. The third-order valence-corrected chi connectivity index (χ3v) is 8.91. The lowest BCUT2D eigenvalue weighted by Gasteiger charge is -2.23. The van der Waals surface area contributed by atoms with Gasteiger partial charge in [0.1, 0.15) is 29.3 Å². The topological polar surface area (TPSA) is 137 Å². The third kappa shape index (κ3) is 5.06. The Balaban J connectivity index is 1.64. The molecule has 0 fully saturated rings. The van der Waals surface area contributed by atoms with Gasteiger partial charge < -0.3 is 14.2 Å².